The number of ether oxygens (including phenoxy) is 2. The monoisotopic (exact) mass is 439 g/mol. The molecule has 0 unspecified atom stereocenters. The normalized spacial score (nSPS) is 14.3. The molecule has 0 aliphatic carbocycles. The van der Waals surface area contributed by atoms with Crippen LogP contribution in [0.1, 0.15) is 12.8 Å². The Labute approximate surface area is 184 Å². The average Bonchev–Trinajstić information content (AvgIpc) is 3.27. The lowest BCUT2D eigenvalue weighted by Gasteiger charge is -2.32. The maximum absolute atomic E-state index is 12.8. The van der Waals surface area contributed by atoms with E-state index in [0.29, 0.717) is 23.6 Å². The van der Waals surface area contributed by atoms with E-state index in [-0.39, 0.29) is 18.4 Å². The Balaban J connectivity index is 1.28. The molecule has 0 radical (unpaired) electrons. The zero-order valence-corrected chi connectivity index (χ0v) is 17.7. The van der Waals surface area contributed by atoms with Crippen molar-refractivity contribution in [2.45, 2.75) is 12.8 Å². The maximum Gasteiger partial charge on any atom is 0.411 e. The summed E-state index contributed by atoms with van der Waals surface area (Å²) in [5.74, 6) is 0.708. The van der Waals surface area contributed by atoms with Gasteiger partial charge < -0.3 is 19.7 Å². The summed E-state index contributed by atoms with van der Waals surface area (Å²) in [5.41, 5.74) is 1.85. The molecule has 3 heterocycles. The summed E-state index contributed by atoms with van der Waals surface area (Å²) in [5, 5.41) is 17.9. The fraction of sp³-hybridized carbons (Fsp3) is 0.381. The summed E-state index contributed by atoms with van der Waals surface area (Å²) in [6.45, 7) is 1.95. The summed E-state index contributed by atoms with van der Waals surface area (Å²) < 4.78 is 11.5. The van der Waals surface area contributed by atoms with Crippen molar-refractivity contribution in [3.63, 3.8) is 0 Å². The molecular formula is C21H25N7O4. The highest BCUT2D eigenvalue weighted by Gasteiger charge is 2.26. The summed E-state index contributed by atoms with van der Waals surface area (Å²) in [4.78, 5) is 26.7. The molecule has 168 valence electrons. The van der Waals surface area contributed by atoms with Gasteiger partial charge in [0.25, 0.3) is 0 Å². The molecule has 0 bridgehead atoms. The SMILES string of the molecule is COCCOC(=O)Nc1cccc(NC(=O)C2CCN(c3ccc4nncn4n3)CC2)c1. The van der Waals surface area contributed by atoms with Gasteiger partial charge >= 0.3 is 6.09 Å². The number of hydrogen-bond donors (Lipinski definition) is 2. The fourth-order valence-corrected chi connectivity index (χ4v) is 3.55. The molecule has 1 aliphatic heterocycles. The number of methoxy groups -OCH3 is 1. The van der Waals surface area contributed by atoms with Crippen LogP contribution in [-0.2, 0) is 14.3 Å². The van der Waals surface area contributed by atoms with E-state index in [1.54, 1.807) is 35.1 Å². The largest absolute Gasteiger partial charge is 0.447 e. The Bertz CT molecular complexity index is 1080. The second-order valence-electron chi connectivity index (χ2n) is 7.41. The lowest BCUT2D eigenvalue weighted by atomic mass is 9.96. The third-order valence-electron chi connectivity index (χ3n) is 5.23. The quantitative estimate of drug-likeness (QED) is 0.537. The Kier molecular flexibility index (Phi) is 6.75. The van der Waals surface area contributed by atoms with E-state index in [9.17, 15) is 9.59 Å². The van der Waals surface area contributed by atoms with E-state index in [1.807, 2.05) is 12.1 Å². The molecule has 0 atom stereocenters. The number of rotatable bonds is 7. The van der Waals surface area contributed by atoms with Crippen LogP contribution in [0, 0.1) is 5.92 Å². The number of aromatic nitrogens is 4. The van der Waals surface area contributed by atoms with Crippen molar-refractivity contribution in [2.75, 3.05) is 48.9 Å². The molecule has 2 aromatic heterocycles. The van der Waals surface area contributed by atoms with Gasteiger partial charge in [-0.1, -0.05) is 6.07 Å². The average molecular weight is 439 g/mol. The fourth-order valence-electron chi connectivity index (χ4n) is 3.55. The molecule has 1 aromatic carbocycles. The number of carbonyl (C=O) groups is 2. The molecule has 11 heteroatoms. The highest BCUT2D eigenvalue weighted by Crippen LogP contribution is 2.24. The number of piperidine rings is 1. The van der Waals surface area contributed by atoms with Crippen LogP contribution in [-0.4, -0.2) is 65.2 Å². The number of carbonyl (C=O) groups excluding carboxylic acids is 2. The zero-order chi connectivity index (χ0) is 22.3. The first-order valence-corrected chi connectivity index (χ1v) is 10.4. The van der Waals surface area contributed by atoms with Gasteiger partial charge in [-0.05, 0) is 43.2 Å². The van der Waals surface area contributed by atoms with Crippen LogP contribution in [0.25, 0.3) is 5.65 Å². The molecule has 11 nitrogen and oxygen atoms in total. The number of fused-ring (bicyclic) bond motifs is 1. The van der Waals surface area contributed by atoms with Crippen molar-refractivity contribution in [3.8, 4) is 0 Å². The summed E-state index contributed by atoms with van der Waals surface area (Å²) in [7, 11) is 1.53. The molecule has 1 aliphatic rings. The molecule has 3 aromatic rings. The van der Waals surface area contributed by atoms with Crippen LogP contribution < -0.4 is 15.5 Å². The predicted molar refractivity (Wildman–Crippen MR) is 118 cm³/mol. The minimum absolute atomic E-state index is 0.0355. The van der Waals surface area contributed by atoms with Crippen LogP contribution in [0.15, 0.2) is 42.7 Å². The van der Waals surface area contributed by atoms with Gasteiger partial charge in [0.05, 0.1) is 6.61 Å². The van der Waals surface area contributed by atoms with Crippen LogP contribution in [0.4, 0.5) is 22.0 Å². The van der Waals surface area contributed by atoms with Crippen LogP contribution in [0.2, 0.25) is 0 Å². The lowest BCUT2D eigenvalue weighted by Crippen LogP contribution is -2.38. The lowest BCUT2D eigenvalue weighted by molar-refractivity contribution is -0.120. The van der Waals surface area contributed by atoms with Crippen LogP contribution in [0.5, 0.6) is 0 Å². The highest BCUT2D eigenvalue weighted by molar-refractivity contribution is 5.94. The number of nitrogens with one attached hydrogen (secondary N) is 2. The first kappa shape index (κ1) is 21.5. The summed E-state index contributed by atoms with van der Waals surface area (Å²) in [6.07, 6.45) is 2.44. The van der Waals surface area contributed by atoms with Crippen LogP contribution in [0.3, 0.4) is 0 Å². The van der Waals surface area contributed by atoms with Crippen molar-refractivity contribution in [3.05, 3.63) is 42.7 Å². The Morgan fingerprint density at radius 2 is 1.88 bits per heavy atom. The third kappa shape index (κ3) is 5.30. The van der Waals surface area contributed by atoms with Gasteiger partial charge in [0.1, 0.15) is 18.8 Å². The standard InChI is InChI=1S/C21H25N7O4/c1-31-11-12-32-21(30)24-17-4-2-3-16(13-17)23-20(29)15-7-9-27(10-8-15)19-6-5-18-25-22-14-28(18)26-19/h2-6,13-15H,7-12H2,1H3,(H,23,29)(H,24,30). The molecule has 2 N–H and O–H groups in total. The Hall–Kier alpha value is -3.73. The van der Waals surface area contributed by atoms with Gasteiger partial charge in [0.2, 0.25) is 5.91 Å². The minimum atomic E-state index is -0.573. The highest BCUT2D eigenvalue weighted by atomic mass is 16.6. The second-order valence-corrected chi connectivity index (χ2v) is 7.41. The number of hydrogen-bond acceptors (Lipinski definition) is 8. The minimum Gasteiger partial charge on any atom is -0.447 e. The predicted octanol–water partition coefficient (Wildman–Crippen LogP) is 2.17. The van der Waals surface area contributed by atoms with Gasteiger partial charge in [0.15, 0.2) is 5.65 Å². The first-order valence-electron chi connectivity index (χ1n) is 10.4. The topological polar surface area (TPSA) is 123 Å². The van der Waals surface area contributed by atoms with Gasteiger partial charge in [-0.25, -0.2) is 4.79 Å². The molecule has 1 fully saturated rings. The first-order chi connectivity index (χ1) is 15.6. The molecule has 32 heavy (non-hydrogen) atoms. The van der Waals surface area contributed by atoms with Gasteiger partial charge in [-0.3, -0.25) is 10.1 Å². The van der Waals surface area contributed by atoms with Crippen LogP contribution >= 0.6 is 0 Å². The molecule has 2 amide bonds. The van der Waals surface area contributed by atoms with Crippen molar-refractivity contribution in [1.29, 1.82) is 0 Å². The Morgan fingerprint density at radius 1 is 1.09 bits per heavy atom. The van der Waals surface area contributed by atoms with E-state index in [1.165, 1.54) is 7.11 Å². The van der Waals surface area contributed by atoms with E-state index >= 15 is 0 Å². The molecule has 4 rings (SSSR count). The summed E-state index contributed by atoms with van der Waals surface area (Å²) in [6, 6.07) is 10.8. The van der Waals surface area contributed by atoms with Crippen molar-refractivity contribution >= 4 is 34.8 Å². The van der Waals surface area contributed by atoms with Gasteiger partial charge in [-0.15, -0.1) is 15.3 Å². The van der Waals surface area contributed by atoms with E-state index in [2.05, 4.69) is 30.8 Å². The maximum atomic E-state index is 12.8. The van der Waals surface area contributed by atoms with Gasteiger partial charge in [-0.2, -0.15) is 4.52 Å². The second kappa shape index (κ2) is 10.1. The number of nitrogens with zero attached hydrogens (tertiary/aromatic N) is 5. The molecular weight excluding hydrogens is 414 g/mol. The van der Waals surface area contributed by atoms with Gasteiger partial charge in [0, 0.05) is 37.5 Å². The van der Waals surface area contributed by atoms with Crippen molar-refractivity contribution in [2.24, 2.45) is 5.92 Å². The third-order valence-corrected chi connectivity index (χ3v) is 5.23. The van der Waals surface area contributed by atoms with Crippen molar-refractivity contribution < 1.29 is 19.1 Å². The van der Waals surface area contributed by atoms with Crippen molar-refractivity contribution in [1.82, 2.24) is 19.8 Å². The van der Waals surface area contributed by atoms with E-state index in [4.69, 9.17) is 9.47 Å². The summed E-state index contributed by atoms with van der Waals surface area (Å²) >= 11 is 0. The molecule has 0 saturated carbocycles. The molecule has 0 spiro atoms. The molecule has 1 saturated heterocycles. The van der Waals surface area contributed by atoms with E-state index in [0.717, 1.165) is 31.7 Å². The number of benzene rings is 1. The number of amides is 2. The van der Waals surface area contributed by atoms with E-state index < -0.39 is 6.09 Å². The smallest absolute Gasteiger partial charge is 0.411 e. The number of anilines is 3. The Morgan fingerprint density at radius 3 is 2.66 bits per heavy atom. The zero-order valence-electron chi connectivity index (χ0n) is 17.7.